The highest BCUT2D eigenvalue weighted by molar-refractivity contribution is 5.74. The molecule has 7 nitrogen and oxygen atoms in total. The Kier molecular flexibility index (Phi) is 5.01. The summed E-state index contributed by atoms with van der Waals surface area (Å²) < 4.78 is 0. The van der Waals surface area contributed by atoms with Gasteiger partial charge < -0.3 is 10.4 Å². The number of carboxylic acids is 1. The Labute approximate surface area is 141 Å². The lowest BCUT2D eigenvalue weighted by atomic mass is 9.85. The maximum absolute atomic E-state index is 12.3. The number of fused-ring (bicyclic) bond motifs is 1. The number of nitrogens with one attached hydrogen (secondary N) is 1. The van der Waals surface area contributed by atoms with E-state index in [2.05, 4.69) is 5.32 Å². The van der Waals surface area contributed by atoms with Gasteiger partial charge in [-0.2, -0.15) is 5.06 Å². The van der Waals surface area contributed by atoms with E-state index in [9.17, 15) is 9.59 Å². The van der Waals surface area contributed by atoms with Crippen LogP contribution in [0.25, 0.3) is 0 Å². The summed E-state index contributed by atoms with van der Waals surface area (Å²) in [6.07, 6.45) is 1.55. The lowest BCUT2D eigenvalue weighted by Crippen LogP contribution is -2.56. The predicted octanol–water partition coefficient (Wildman–Crippen LogP) is 1.58. The molecule has 24 heavy (non-hydrogen) atoms. The summed E-state index contributed by atoms with van der Waals surface area (Å²) in [6.45, 7) is 3.54. The Bertz CT molecular complexity index is 616. The van der Waals surface area contributed by atoms with Gasteiger partial charge in [-0.05, 0) is 30.5 Å². The molecule has 2 N–H and O–H groups in total. The zero-order valence-electron chi connectivity index (χ0n) is 13.8. The molecule has 1 fully saturated rings. The molecule has 2 amide bonds. The number of nitrogens with zero attached hydrogens (tertiary/aromatic N) is 2. The number of hydroxylamine groups is 2. The number of aliphatic carboxylic acids is 1. The second-order valence-electron chi connectivity index (χ2n) is 6.31. The minimum absolute atomic E-state index is 0.0495. The fraction of sp³-hybridized carbons (Fsp3) is 0.529. The van der Waals surface area contributed by atoms with Gasteiger partial charge in [0.05, 0.1) is 13.1 Å². The standard InChI is InChI=1S/C17H23N3O4/c1-2-19(10-16(21)22)15-7-14(8-15)18-17(23)20-9-12-5-3-4-6-13(12)11-24-20/h3-6,14-15H,2,7-11H2,1H3,(H,18,23)(H,21,22). The van der Waals surface area contributed by atoms with Crippen LogP contribution in [-0.4, -0.2) is 52.2 Å². The van der Waals surface area contributed by atoms with Crippen molar-refractivity contribution in [1.82, 2.24) is 15.3 Å². The Morgan fingerprint density at radius 1 is 1.33 bits per heavy atom. The average molecular weight is 333 g/mol. The SMILES string of the molecule is CCN(CC(=O)O)C1CC(NC(=O)N2Cc3ccccc3CO2)C1. The molecule has 1 aliphatic heterocycles. The summed E-state index contributed by atoms with van der Waals surface area (Å²) in [5.74, 6) is -0.815. The second-order valence-corrected chi connectivity index (χ2v) is 6.31. The summed E-state index contributed by atoms with van der Waals surface area (Å²) in [5, 5.41) is 13.2. The number of carbonyl (C=O) groups excluding carboxylic acids is 1. The van der Waals surface area contributed by atoms with E-state index in [0.29, 0.717) is 19.7 Å². The van der Waals surface area contributed by atoms with Gasteiger partial charge in [-0.3, -0.25) is 14.5 Å². The topological polar surface area (TPSA) is 82.1 Å². The molecular weight excluding hydrogens is 310 g/mol. The van der Waals surface area contributed by atoms with E-state index in [0.717, 1.165) is 24.0 Å². The van der Waals surface area contributed by atoms with Gasteiger partial charge in [-0.15, -0.1) is 0 Å². The van der Waals surface area contributed by atoms with Gasteiger partial charge in [0.25, 0.3) is 0 Å². The van der Waals surface area contributed by atoms with Crippen LogP contribution in [0.1, 0.15) is 30.9 Å². The van der Waals surface area contributed by atoms with Crippen LogP contribution in [0.5, 0.6) is 0 Å². The van der Waals surface area contributed by atoms with E-state index in [4.69, 9.17) is 9.94 Å². The summed E-state index contributed by atoms with van der Waals surface area (Å²) >= 11 is 0. The smallest absolute Gasteiger partial charge is 0.341 e. The van der Waals surface area contributed by atoms with Crippen molar-refractivity contribution >= 4 is 12.0 Å². The quantitative estimate of drug-likeness (QED) is 0.855. The van der Waals surface area contributed by atoms with Crippen LogP contribution < -0.4 is 5.32 Å². The summed E-state index contributed by atoms with van der Waals surface area (Å²) in [5.41, 5.74) is 2.21. The first-order valence-electron chi connectivity index (χ1n) is 8.30. The van der Waals surface area contributed by atoms with Crippen molar-refractivity contribution in [2.75, 3.05) is 13.1 Å². The lowest BCUT2D eigenvalue weighted by molar-refractivity contribution is -0.146. The highest BCUT2D eigenvalue weighted by Crippen LogP contribution is 2.26. The number of carboxylic acid groups (broad SMARTS) is 1. The summed E-state index contributed by atoms with van der Waals surface area (Å²) in [7, 11) is 0. The third-order valence-corrected chi connectivity index (χ3v) is 4.74. The molecule has 1 aliphatic carbocycles. The second kappa shape index (κ2) is 7.19. The third-order valence-electron chi connectivity index (χ3n) is 4.74. The van der Waals surface area contributed by atoms with E-state index < -0.39 is 5.97 Å². The Hall–Kier alpha value is -2.12. The number of urea groups is 1. The largest absolute Gasteiger partial charge is 0.480 e. The van der Waals surface area contributed by atoms with Crippen LogP contribution in [0.4, 0.5) is 4.79 Å². The molecule has 3 rings (SSSR count). The van der Waals surface area contributed by atoms with Crippen LogP contribution in [0.2, 0.25) is 0 Å². The van der Waals surface area contributed by atoms with E-state index >= 15 is 0 Å². The van der Waals surface area contributed by atoms with Gasteiger partial charge in [-0.25, -0.2) is 4.79 Å². The van der Waals surface area contributed by atoms with E-state index in [1.54, 1.807) is 0 Å². The van der Waals surface area contributed by atoms with Gasteiger partial charge in [0.2, 0.25) is 0 Å². The van der Waals surface area contributed by atoms with Gasteiger partial charge in [0, 0.05) is 12.1 Å². The van der Waals surface area contributed by atoms with Crippen molar-refractivity contribution in [2.45, 2.75) is 45.0 Å². The molecule has 0 aromatic heterocycles. The minimum Gasteiger partial charge on any atom is -0.480 e. The number of hydrogen-bond acceptors (Lipinski definition) is 4. The molecule has 1 aromatic rings. The monoisotopic (exact) mass is 333 g/mol. The number of hydrogen-bond donors (Lipinski definition) is 2. The fourth-order valence-corrected chi connectivity index (χ4v) is 3.25. The minimum atomic E-state index is -0.815. The zero-order valence-corrected chi connectivity index (χ0v) is 13.8. The molecule has 0 spiro atoms. The molecular formula is C17H23N3O4. The number of carbonyl (C=O) groups is 2. The number of likely N-dealkylation sites (N-methyl/N-ethyl adjacent to an activating group) is 1. The fourth-order valence-electron chi connectivity index (χ4n) is 3.25. The Morgan fingerprint density at radius 3 is 2.71 bits per heavy atom. The number of rotatable bonds is 5. The van der Waals surface area contributed by atoms with Crippen LogP contribution in [0.3, 0.4) is 0 Å². The third kappa shape index (κ3) is 3.68. The van der Waals surface area contributed by atoms with Gasteiger partial charge >= 0.3 is 12.0 Å². The molecule has 1 aromatic carbocycles. The van der Waals surface area contributed by atoms with Crippen molar-refractivity contribution in [3.05, 3.63) is 35.4 Å². The van der Waals surface area contributed by atoms with Crippen molar-refractivity contribution in [3.8, 4) is 0 Å². The first kappa shape index (κ1) is 16.7. The van der Waals surface area contributed by atoms with Crippen LogP contribution in [-0.2, 0) is 22.8 Å². The molecule has 0 radical (unpaired) electrons. The molecule has 2 aliphatic rings. The van der Waals surface area contributed by atoms with E-state index in [1.165, 1.54) is 5.06 Å². The molecule has 0 atom stereocenters. The summed E-state index contributed by atoms with van der Waals surface area (Å²) in [4.78, 5) is 30.6. The predicted molar refractivity (Wildman–Crippen MR) is 87.0 cm³/mol. The van der Waals surface area contributed by atoms with Crippen molar-refractivity contribution < 1.29 is 19.5 Å². The van der Waals surface area contributed by atoms with Crippen LogP contribution in [0.15, 0.2) is 24.3 Å². The Morgan fingerprint density at radius 2 is 2.04 bits per heavy atom. The number of amides is 2. The number of benzene rings is 1. The van der Waals surface area contributed by atoms with Gasteiger partial charge in [0.15, 0.2) is 0 Å². The molecule has 7 heteroatoms. The lowest BCUT2D eigenvalue weighted by Gasteiger charge is -2.42. The molecule has 130 valence electrons. The highest BCUT2D eigenvalue weighted by atomic mass is 16.7. The summed E-state index contributed by atoms with van der Waals surface area (Å²) in [6, 6.07) is 7.99. The first-order chi connectivity index (χ1) is 11.6. The van der Waals surface area contributed by atoms with Crippen LogP contribution >= 0.6 is 0 Å². The molecule has 0 bridgehead atoms. The van der Waals surface area contributed by atoms with Crippen LogP contribution in [0, 0.1) is 0 Å². The van der Waals surface area contributed by atoms with Crippen molar-refractivity contribution in [2.24, 2.45) is 0 Å². The van der Waals surface area contributed by atoms with Crippen molar-refractivity contribution in [1.29, 1.82) is 0 Å². The normalized spacial score (nSPS) is 22.7. The van der Waals surface area contributed by atoms with E-state index in [1.807, 2.05) is 36.1 Å². The maximum Gasteiger partial charge on any atom is 0.341 e. The maximum atomic E-state index is 12.3. The first-order valence-corrected chi connectivity index (χ1v) is 8.30. The Balaban J connectivity index is 1.47. The van der Waals surface area contributed by atoms with Gasteiger partial charge in [-0.1, -0.05) is 31.2 Å². The molecule has 0 saturated heterocycles. The average Bonchev–Trinajstić information content (AvgIpc) is 2.55. The molecule has 0 unspecified atom stereocenters. The highest BCUT2D eigenvalue weighted by Gasteiger charge is 2.36. The zero-order chi connectivity index (χ0) is 17.1. The van der Waals surface area contributed by atoms with E-state index in [-0.39, 0.29) is 24.7 Å². The van der Waals surface area contributed by atoms with Gasteiger partial charge in [0.1, 0.15) is 6.61 Å². The van der Waals surface area contributed by atoms with Crippen molar-refractivity contribution in [3.63, 3.8) is 0 Å². The molecule has 1 heterocycles. The molecule has 1 saturated carbocycles.